The summed E-state index contributed by atoms with van der Waals surface area (Å²) in [5.41, 5.74) is -0.320. The predicted molar refractivity (Wildman–Crippen MR) is 56.4 cm³/mol. The Labute approximate surface area is 88.9 Å². The minimum Gasteiger partial charge on any atom is -0.366 e. The first-order chi connectivity index (χ1) is 6.97. The summed E-state index contributed by atoms with van der Waals surface area (Å²) in [6.07, 6.45) is 4.54. The fourth-order valence-corrected chi connectivity index (χ4v) is 0.825. The Morgan fingerprint density at radius 3 is 2.73 bits per heavy atom. The number of ether oxygens (including phenoxy) is 1. The van der Waals surface area contributed by atoms with Crippen LogP contribution in [0, 0.1) is 0 Å². The number of nitrogens with one attached hydrogen (secondary N) is 1. The van der Waals surface area contributed by atoms with Gasteiger partial charge in [-0.2, -0.15) is 0 Å². The molecule has 0 saturated heterocycles. The van der Waals surface area contributed by atoms with Crippen molar-refractivity contribution in [1.82, 2.24) is 9.97 Å². The molecule has 0 aliphatic rings. The molecule has 1 rings (SSSR count). The van der Waals surface area contributed by atoms with Crippen LogP contribution in [0.15, 0.2) is 18.6 Å². The van der Waals surface area contributed by atoms with E-state index in [4.69, 9.17) is 4.74 Å². The van der Waals surface area contributed by atoms with E-state index in [2.05, 4.69) is 15.3 Å². The van der Waals surface area contributed by atoms with Gasteiger partial charge in [0.05, 0.1) is 11.8 Å². The molecule has 0 atom stereocenters. The predicted octanol–water partition coefficient (Wildman–Crippen LogP) is 1.23. The van der Waals surface area contributed by atoms with E-state index in [9.17, 15) is 4.79 Å². The van der Waals surface area contributed by atoms with Gasteiger partial charge in [-0.1, -0.05) is 0 Å². The molecule has 0 saturated carbocycles. The molecule has 0 fully saturated rings. The summed E-state index contributed by atoms with van der Waals surface area (Å²) in [4.78, 5) is 19.1. The lowest BCUT2D eigenvalue weighted by Crippen LogP contribution is -2.27. The van der Waals surface area contributed by atoms with Gasteiger partial charge in [-0.3, -0.25) is 9.78 Å². The lowest BCUT2D eigenvalue weighted by molar-refractivity contribution is -0.125. The number of hydrogen-bond donors (Lipinski definition) is 1. The summed E-state index contributed by atoms with van der Waals surface area (Å²) in [5, 5.41) is 2.58. The SMILES string of the molecule is CC(C)(C)OCC(=O)Nc1cnccn1. The van der Waals surface area contributed by atoms with Crippen LogP contribution in [-0.4, -0.2) is 28.1 Å². The second kappa shape index (κ2) is 4.84. The number of carbonyl (C=O) groups is 1. The molecule has 82 valence electrons. The summed E-state index contributed by atoms with van der Waals surface area (Å²) in [6.45, 7) is 5.69. The van der Waals surface area contributed by atoms with E-state index >= 15 is 0 Å². The summed E-state index contributed by atoms with van der Waals surface area (Å²) < 4.78 is 5.30. The molecule has 5 nitrogen and oxygen atoms in total. The maximum absolute atomic E-state index is 11.4. The van der Waals surface area contributed by atoms with E-state index in [1.165, 1.54) is 12.4 Å². The van der Waals surface area contributed by atoms with Crippen molar-refractivity contribution in [3.05, 3.63) is 18.6 Å². The van der Waals surface area contributed by atoms with Crippen LogP contribution in [0.1, 0.15) is 20.8 Å². The molecule has 0 radical (unpaired) electrons. The first kappa shape index (κ1) is 11.6. The molecular weight excluding hydrogens is 194 g/mol. The van der Waals surface area contributed by atoms with Gasteiger partial charge in [0.25, 0.3) is 5.91 Å². The van der Waals surface area contributed by atoms with E-state index < -0.39 is 0 Å². The molecular formula is C10H15N3O2. The highest BCUT2D eigenvalue weighted by molar-refractivity contribution is 5.90. The molecule has 1 aromatic rings. The summed E-state index contributed by atoms with van der Waals surface area (Å²) in [5.74, 6) is 0.199. The summed E-state index contributed by atoms with van der Waals surface area (Å²) >= 11 is 0. The van der Waals surface area contributed by atoms with Crippen LogP contribution < -0.4 is 5.32 Å². The fraction of sp³-hybridized carbons (Fsp3) is 0.500. The topological polar surface area (TPSA) is 64.1 Å². The van der Waals surface area contributed by atoms with Crippen LogP contribution in [0.5, 0.6) is 0 Å². The smallest absolute Gasteiger partial charge is 0.251 e. The summed E-state index contributed by atoms with van der Waals surface area (Å²) in [7, 11) is 0. The van der Waals surface area contributed by atoms with E-state index in [0.717, 1.165) is 0 Å². The highest BCUT2D eigenvalue weighted by Gasteiger charge is 2.12. The lowest BCUT2D eigenvalue weighted by Gasteiger charge is -2.18. The van der Waals surface area contributed by atoms with Crippen molar-refractivity contribution in [2.45, 2.75) is 26.4 Å². The molecule has 0 spiro atoms. The third kappa shape index (κ3) is 5.07. The maximum atomic E-state index is 11.4. The zero-order chi connectivity index (χ0) is 11.3. The van der Waals surface area contributed by atoms with Crippen LogP contribution in [0.25, 0.3) is 0 Å². The number of hydrogen-bond acceptors (Lipinski definition) is 4. The van der Waals surface area contributed by atoms with Gasteiger partial charge >= 0.3 is 0 Å². The van der Waals surface area contributed by atoms with Crippen molar-refractivity contribution in [3.63, 3.8) is 0 Å². The van der Waals surface area contributed by atoms with Gasteiger partial charge < -0.3 is 10.1 Å². The normalized spacial score (nSPS) is 11.1. The first-order valence-corrected chi connectivity index (χ1v) is 4.67. The number of amides is 1. The molecule has 1 amide bonds. The average Bonchev–Trinajstić information content (AvgIpc) is 2.15. The Morgan fingerprint density at radius 2 is 2.20 bits per heavy atom. The van der Waals surface area contributed by atoms with Gasteiger partial charge in [0, 0.05) is 12.4 Å². The molecule has 1 heterocycles. The second-order valence-electron chi connectivity index (χ2n) is 4.04. The van der Waals surface area contributed by atoms with Gasteiger partial charge in [-0.25, -0.2) is 4.98 Å². The average molecular weight is 209 g/mol. The number of carbonyl (C=O) groups excluding carboxylic acids is 1. The van der Waals surface area contributed by atoms with Crippen molar-refractivity contribution in [2.24, 2.45) is 0 Å². The van der Waals surface area contributed by atoms with Gasteiger partial charge in [-0.15, -0.1) is 0 Å². The monoisotopic (exact) mass is 209 g/mol. The standard InChI is InChI=1S/C10H15N3O2/c1-10(2,3)15-7-9(14)13-8-6-11-4-5-12-8/h4-6H,7H2,1-3H3,(H,12,13,14). The Hall–Kier alpha value is -1.49. The zero-order valence-electron chi connectivity index (χ0n) is 9.15. The molecule has 0 aliphatic carbocycles. The van der Waals surface area contributed by atoms with E-state index in [1.807, 2.05) is 20.8 Å². The van der Waals surface area contributed by atoms with Gasteiger partial charge in [0.2, 0.25) is 0 Å². The fourth-order valence-electron chi connectivity index (χ4n) is 0.825. The second-order valence-corrected chi connectivity index (χ2v) is 4.04. The Balaban J connectivity index is 2.38. The molecule has 0 bridgehead atoms. The van der Waals surface area contributed by atoms with Gasteiger partial charge in [-0.05, 0) is 20.8 Å². The summed E-state index contributed by atoms with van der Waals surface area (Å²) in [6, 6.07) is 0. The quantitative estimate of drug-likeness (QED) is 0.813. The van der Waals surface area contributed by atoms with Crippen molar-refractivity contribution >= 4 is 11.7 Å². The van der Waals surface area contributed by atoms with Crippen LogP contribution in [0.2, 0.25) is 0 Å². The van der Waals surface area contributed by atoms with Gasteiger partial charge in [0.1, 0.15) is 6.61 Å². The Morgan fingerprint density at radius 1 is 1.47 bits per heavy atom. The highest BCUT2D eigenvalue weighted by Crippen LogP contribution is 2.06. The zero-order valence-corrected chi connectivity index (χ0v) is 9.15. The van der Waals surface area contributed by atoms with Crippen molar-refractivity contribution in [2.75, 3.05) is 11.9 Å². The number of rotatable bonds is 3. The Kier molecular flexibility index (Phi) is 3.74. The van der Waals surface area contributed by atoms with E-state index in [0.29, 0.717) is 5.82 Å². The highest BCUT2D eigenvalue weighted by atomic mass is 16.5. The van der Waals surface area contributed by atoms with E-state index in [-0.39, 0.29) is 18.1 Å². The number of aromatic nitrogens is 2. The molecule has 5 heteroatoms. The number of nitrogens with zero attached hydrogens (tertiary/aromatic N) is 2. The van der Waals surface area contributed by atoms with Gasteiger partial charge in [0.15, 0.2) is 5.82 Å². The van der Waals surface area contributed by atoms with Crippen molar-refractivity contribution in [3.8, 4) is 0 Å². The molecule has 0 aliphatic heterocycles. The number of anilines is 1. The molecule has 1 N–H and O–H groups in total. The first-order valence-electron chi connectivity index (χ1n) is 4.67. The maximum Gasteiger partial charge on any atom is 0.251 e. The van der Waals surface area contributed by atoms with Crippen LogP contribution in [0.3, 0.4) is 0 Å². The van der Waals surface area contributed by atoms with Crippen molar-refractivity contribution < 1.29 is 9.53 Å². The third-order valence-electron chi connectivity index (χ3n) is 1.47. The molecule has 15 heavy (non-hydrogen) atoms. The Bertz CT molecular complexity index is 319. The van der Waals surface area contributed by atoms with Crippen LogP contribution in [-0.2, 0) is 9.53 Å². The molecule has 0 unspecified atom stereocenters. The molecule has 0 aromatic carbocycles. The lowest BCUT2D eigenvalue weighted by atomic mass is 10.2. The van der Waals surface area contributed by atoms with E-state index in [1.54, 1.807) is 6.20 Å². The minimum absolute atomic E-state index is 0.0140. The third-order valence-corrected chi connectivity index (χ3v) is 1.47. The minimum atomic E-state index is -0.320. The largest absolute Gasteiger partial charge is 0.366 e. The van der Waals surface area contributed by atoms with Crippen LogP contribution in [0.4, 0.5) is 5.82 Å². The van der Waals surface area contributed by atoms with Crippen molar-refractivity contribution in [1.29, 1.82) is 0 Å². The molecule has 1 aromatic heterocycles. The van der Waals surface area contributed by atoms with Crippen LogP contribution >= 0.6 is 0 Å².